The standard InChI is InChI=1S/C17H15N3/c18-10-17-15(13-4-2-8-19-11-13)6-1-7-16(17)14-5-3-9-20-12-14/h1-9,11-12H,10,18H2. The molecule has 0 bridgehead atoms. The van der Waals surface area contributed by atoms with E-state index in [-0.39, 0.29) is 0 Å². The molecule has 0 amide bonds. The molecular formula is C17H15N3. The van der Waals surface area contributed by atoms with Crippen molar-refractivity contribution in [1.29, 1.82) is 0 Å². The van der Waals surface area contributed by atoms with Gasteiger partial charge in [0, 0.05) is 42.5 Å². The molecule has 20 heavy (non-hydrogen) atoms. The average molecular weight is 261 g/mol. The van der Waals surface area contributed by atoms with Crippen molar-refractivity contribution in [1.82, 2.24) is 9.97 Å². The van der Waals surface area contributed by atoms with E-state index in [1.165, 1.54) is 0 Å². The quantitative estimate of drug-likeness (QED) is 0.787. The predicted molar refractivity (Wildman–Crippen MR) is 80.8 cm³/mol. The Labute approximate surface area is 118 Å². The molecular weight excluding hydrogens is 246 g/mol. The fourth-order valence-electron chi connectivity index (χ4n) is 2.39. The summed E-state index contributed by atoms with van der Waals surface area (Å²) in [5.41, 5.74) is 11.5. The van der Waals surface area contributed by atoms with Crippen molar-refractivity contribution in [3.8, 4) is 22.3 Å². The molecule has 3 nitrogen and oxygen atoms in total. The summed E-state index contributed by atoms with van der Waals surface area (Å²) in [6, 6.07) is 14.2. The molecule has 3 rings (SSSR count). The van der Waals surface area contributed by atoms with Crippen LogP contribution in [0.25, 0.3) is 22.3 Å². The highest BCUT2D eigenvalue weighted by Gasteiger charge is 2.10. The lowest BCUT2D eigenvalue weighted by Crippen LogP contribution is -2.02. The largest absolute Gasteiger partial charge is 0.326 e. The molecule has 0 fully saturated rings. The minimum atomic E-state index is 0.481. The number of nitrogens with zero attached hydrogens (tertiary/aromatic N) is 2. The number of aromatic nitrogens is 2. The lowest BCUT2D eigenvalue weighted by atomic mass is 9.93. The van der Waals surface area contributed by atoms with Crippen molar-refractivity contribution in [2.24, 2.45) is 5.73 Å². The second kappa shape index (κ2) is 5.63. The van der Waals surface area contributed by atoms with Gasteiger partial charge in [-0.2, -0.15) is 0 Å². The van der Waals surface area contributed by atoms with E-state index < -0.39 is 0 Å². The molecule has 0 saturated heterocycles. The molecule has 0 aliphatic rings. The highest BCUT2D eigenvalue weighted by atomic mass is 14.6. The summed E-state index contributed by atoms with van der Waals surface area (Å²) in [4.78, 5) is 8.37. The molecule has 2 N–H and O–H groups in total. The van der Waals surface area contributed by atoms with Crippen LogP contribution in [-0.4, -0.2) is 9.97 Å². The predicted octanol–water partition coefficient (Wildman–Crippen LogP) is 3.27. The first-order valence-electron chi connectivity index (χ1n) is 6.53. The van der Waals surface area contributed by atoms with Crippen molar-refractivity contribution in [3.05, 3.63) is 72.8 Å². The number of hydrogen-bond acceptors (Lipinski definition) is 3. The summed E-state index contributed by atoms with van der Waals surface area (Å²) in [5, 5.41) is 0. The lowest BCUT2D eigenvalue weighted by Gasteiger charge is -2.13. The van der Waals surface area contributed by atoms with Gasteiger partial charge in [-0.1, -0.05) is 30.3 Å². The summed E-state index contributed by atoms with van der Waals surface area (Å²) in [7, 11) is 0. The molecule has 0 unspecified atom stereocenters. The van der Waals surface area contributed by atoms with E-state index >= 15 is 0 Å². The van der Waals surface area contributed by atoms with Gasteiger partial charge in [-0.15, -0.1) is 0 Å². The third-order valence-corrected chi connectivity index (χ3v) is 3.33. The van der Waals surface area contributed by atoms with Crippen LogP contribution in [0.4, 0.5) is 0 Å². The van der Waals surface area contributed by atoms with Gasteiger partial charge in [-0.05, 0) is 28.8 Å². The van der Waals surface area contributed by atoms with Crippen LogP contribution in [0.5, 0.6) is 0 Å². The maximum Gasteiger partial charge on any atom is 0.0346 e. The summed E-state index contributed by atoms with van der Waals surface area (Å²) < 4.78 is 0. The van der Waals surface area contributed by atoms with E-state index in [9.17, 15) is 0 Å². The third-order valence-electron chi connectivity index (χ3n) is 3.33. The van der Waals surface area contributed by atoms with E-state index in [4.69, 9.17) is 5.73 Å². The van der Waals surface area contributed by atoms with Crippen LogP contribution in [0.2, 0.25) is 0 Å². The Kier molecular flexibility index (Phi) is 3.52. The third kappa shape index (κ3) is 2.31. The van der Waals surface area contributed by atoms with Gasteiger partial charge in [0.2, 0.25) is 0 Å². The van der Waals surface area contributed by atoms with Crippen LogP contribution >= 0.6 is 0 Å². The zero-order valence-electron chi connectivity index (χ0n) is 11.0. The molecule has 0 aliphatic heterocycles. The number of pyridine rings is 2. The van der Waals surface area contributed by atoms with Crippen molar-refractivity contribution >= 4 is 0 Å². The van der Waals surface area contributed by atoms with Crippen LogP contribution in [0.3, 0.4) is 0 Å². The summed E-state index contributed by atoms with van der Waals surface area (Å²) in [6.45, 7) is 0.481. The molecule has 98 valence electrons. The molecule has 1 aromatic carbocycles. The fourth-order valence-corrected chi connectivity index (χ4v) is 2.39. The van der Waals surface area contributed by atoms with Crippen molar-refractivity contribution in [3.63, 3.8) is 0 Å². The van der Waals surface area contributed by atoms with Gasteiger partial charge in [0.25, 0.3) is 0 Å². The fraction of sp³-hybridized carbons (Fsp3) is 0.0588. The second-order valence-electron chi connectivity index (χ2n) is 4.52. The molecule has 0 atom stereocenters. The van der Waals surface area contributed by atoms with Gasteiger partial charge in [0.05, 0.1) is 0 Å². The van der Waals surface area contributed by atoms with Gasteiger partial charge in [-0.25, -0.2) is 0 Å². The van der Waals surface area contributed by atoms with Gasteiger partial charge in [-0.3, -0.25) is 9.97 Å². The van der Waals surface area contributed by atoms with Crippen molar-refractivity contribution < 1.29 is 0 Å². The van der Waals surface area contributed by atoms with Crippen LogP contribution in [0.1, 0.15) is 5.56 Å². The lowest BCUT2D eigenvalue weighted by molar-refractivity contribution is 1.07. The van der Waals surface area contributed by atoms with Crippen LogP contribution in [0.15, 0.2) is 67.3 Å². The number of benzene rings is 1. The first-order chi connectivity index (χ1) is 9.90. The Morgan fingerprint density at radius 1 is 0.750 bits per heavy atom. The number of nitrogens with two attached hydrogens (primary N) is 1. The number of rotatable bonds is 3. The Bertz CT molecular complexity index is 636. The highest BCUT2D eigenvalue weighted by molar-refractivity contribution is 5.77. The van der Waals surface area contributed by atoms with Gasteiger partial charge in [0.15, 0.2) is 0 Å². The van der Waals surface area contributed by atoms with E-state index in [1.807, 2.05) is 30.6 Å². The van der Waals surface area contributed by atoms with Crippen LogP contribution < -0.4 is 5.73 Å². The first kappa shape index (κ1) is 12.5. The van der Waals surface area contributed by atoms with Gasteiger partial charge < -0.3 is 5.73 Å². The van der Waals surface area contributed by atoms with E-state index in [2.05, 4.69) is 34.2 Å². The normalized spacial score (nSPS) is 10.4. The Morgan fingerprint density at radius 3 is 1.70 bits per heavy atom. The van der Waals surface area contributed by atoms with Crippen LogP contribution in [0, 0.1) is 0 Å². The molecule has 0 saturated carbocycles. The molecule has 0 spiro atoms. The average Bonchev–Trinajstić information content (AvgIpc) is 2.55. The van der Waals surface area contributed by atoms with Crippen LogP contribution in [-0.2, 0) is 6.54 Å². The Morgan fingerprint density at radius 2 is 1.30 bits per heavy atom. The second-order valence-corrected chi connectivity index (χ2v) is 4.52. The molecule has 3 heteroatoms. The molecule has 2 aromatic heterocycles. The van der Waals surface area contributed by atoms with Gasteiger partial charge in [0.1, 0.15) is 0 Å². The highest BCUT2D eigenvalue weighted by Crippen LogP contribution is 2.31. The molecule has 0 radical (unpaired) electrons. The minimum absolute atomic E-state index is 0.481. The van der Waals surface area contributed by atoms with Crippen molar-refractivity contribution in [2.45, 2.75) is 6.54 Å². The van der Waals surface area contributed by atoms with E-state index in [1.54, 1.807) is 12.4 Å². The summed E-state index contributed by atoms with van der Waals surface area (Å²) >= 11 is 0. The topological polar surface area (TPSA) is 51.8 Å². The molecule has 2 heterocycles. The Hall–Kier alpha value is -2.52. The zero-order valence-corrected chi connectivity index (χ0v) is 11.0. The minimum Gasteiger partial charge on any atom is -0.326 e. The van der Waals surface area contributed by atoms with E-state index in [0.717, 1.165) is 27.8 Å². The SMILES string of the molecule is NCc1c(-c2cccnc2)cccc1-c1cccnc1. The molecule has 3 aromatic rings. The monoisotopic (exact) mass is 261 g/mol. The summed E-state index contributed by atoms with van der Waals surface area (Å²) in [5.74, 6) is 0. The van der Waals surface area contributed by atoms with Gasteiger partial charge >= 0.3 is 0 Å². The maximum absolute atomic E-state index is 5.99. The number of hydrogen-bond donors (Lipinski definition) is 1. The van der Waals surface area contributed by atoms with E-state index in [0.29, 0.717) is 6.54 Å². The van der Waals surface area contributed by atoms with Crippen molar-refractivity contribution in [2.75, 3.05) is 0 Å². The first-order valence-corrected chi connectivity index (χ1v) is 6.53. The Balaban J connectivity index is 2.19. The molecule has 0 aliphatic carbocycles. The maximum atomic E-state index is 5.99. The smallest absolute Gasteiger partial charge is 0.0346 e. The summed E-state index contributed by atoms with van der Waals surface area (Å²) in [6.07, 6.45) is 7.27. The zero-order chi connectivity index (χ0) is 13.8.